The molecule has 0 fully saturated rings. The number of pyridine rings is 1. The fourth-order valence-electron chi connectivity index (χ4n) is 0.925. The van der Waals surface area contributed by atoms with Crippen LogP contribution in [0.2, 0.25) is 0 Å². The molecule has 3 nitrogen and oxygen atoms in total. The number of aromatic nitrogens is 1. The van der Waals surface area contributed by atoms with Crippen molar-refractivity contribution in [2.75, 3.05) is 0 Å². The van der Waals surface area contributed by atoms with Crippen LogP contribution in [-0.4, -0.2) is 17.6 Å². The van der Waals surface area contributed by atoms with E-state index >= 15 is 0 Å². The minimum Gasteiger partial charge on any atom is -0.387 e. The summed E-state index contributed by atoms with van der Waals surface area (Å²) in [7, 11) is 0. The highest BCUT2D eigenvalue weighted by atomic mass is 19.4. The normalized spacial score (nSPS) is 11.7. The molecule has 0 saturated heterocycles. The van der Waals surface area contributed by atoms with Crippen LogP contribution in [0.25, 0.3) is 0 Å². The van der Waals surface area contributed by atoms with Crippen LogP contribution >= 0.6 is 0 Å². The third-order valence-electron chi connectivity index (χ3n) is 1.55. The predicted octanol–water partition coefficient (Wildman–Crippen LogP) is 2.87. The number of nitrogens with zero attached hydrogens (tertiary/aromatic N) is 1. The Morgan fingerprint density at radius 2 is 1.94 bits per heavy atom. The maximum atomic E-state index is 13.0. The first-order valence-electron chi connectivity index (χ1n) is 3.94. The Kier molecular flexibility index (Phi) is 3.59. The molecule has 0 atom stereocenters. The summed E-state index contributed by atoms with van der Waals surface area (Å²) in [6, 6.07) is 0.164. The van der Waals surface area contributed by atoms with Gasteiger partial charge in [0.25, 0.3) is 6.43 Å². The van der Waals surface area contributed by atoms with Crippen molar-refractivity contribution in [3.8, 4) is 5.88 Å². The predicted molar refractivity (Wildman–Crippen MR) is 41.2 cm³/mol. The number of ether oxygens (including phenoxy) is 1. The first kappa shape index (κ1) is 13.3. The van der Waals surface area contributed by atoms with Gasteiger partial charge in [0.05, 0.1) is 0 Å². The topological polar surface area (TPSA) is 39.2 Å². The minimum atomic E-state index is -5.27. The van der Waals surface area contributed by atoms with Crippen LogP contribution < -0.4 is 4.74 Å². The van der Waals surface area contributed by atoms with Crippen LogP contribution in [0.3, 0.4) is 0 Å². The molecule has 0 radical (unpaired) electrons. The number of hydrogen-bond donors (Lipinski definition) is 0. The average Bonchev–Trinajstić information content (AvgIpc) is 2.14. The van der Waals surface area contributed by atoms with Crippen molar-refractivity contribution in [3.63, 3.8) is 0 Å². The van der Waals surface area contributed by atoms with Gasteiger partial charge in [-0.1, -0.05) is 0 Å². The molecule has 0 aromatic carbocycles. The Bertz CT molecular complexity index is 431. The number of carbonyl (C=O) groups excluding carboxylic acids is 1. The number of alkyl halides is 5. The van der Waals surface area contributed by atoms with Crippen molar-refractivity contribution in [1.82, 2.24) is 4.98 Å². The number of hydrogen-bond acceptors (Lipinski definition) is 3. The second kappa shape index (κ2) is 4.60. The Balaban J connectivity index is 3.29. The standard InChI is InChI=1S/C8H3F6NO2/c9-4-1-5(6(10)11)15-7(3(4)2-16)17-8(12,13)14/h1-2,6H. The summed E-state index contributed by atoms with van der Waals surface area (Å²) in [5, 5.41) is 0. The van der Waals surface area contributed by atoms with Gasteiger partial charge in [-0.15, -0.1) is 13.2 Å². The number of halogens is 6. The van der Waals surface area contributed by atoms with Gasteiger partial charge < -0.3 is 4.74 Å². The molecule has 1 heterocycles. The molecule has 0 N–H and O–H groups in total. The largest absolute Gasteiger partial charge is 0.574 e. The molecular formula is C8H3F6NO2. The van der Waals surface area contributed by atoms with Crippen LogP contribution in [0.5, 0.6) is 5.88 Å². The quantitative estimate of drug-likeness (QED) is 0.618. The zero-order valence-electron chi connectivity index (χ0n) is 7.76. The molecular weight excluding hydrogens is 256 g/mol. The molecule has 1 aromatic rings. The monoisotopic (exact) mass is 259 g/mol. The summed E-state index contributed by atoms with van der Waals surface area (Å²) in [6.45, 7) is 0. The number of carbonyl (C=O) groups is 1. The minimum absolute atomic E-state index is 0.164. The van der Waals surface area contributed by atoms with Crippen molar-refractivity contribution < 1.29 is 35.9 Å². The lowest BCUT2D eigenvalue weighted by Gasteiger charge is -2.11. The molecule has 17 heavy (non-hydrogen) atoms. The van der Waals surface area contributed by atoms with E-state index in [1.807, 2.05) is 0 Å². The molecule has 1 rings (SSSR count). The molecule has 0 aliphatic heterocycles. The number of aldehydes is 1. The highest BCUT2D eigenvalue weighted by Crippen LogP contribution is 2.28. The molecule has 0 aliphatic rings. The lowest BCUT2D eigenvalue weighted by molar-refractivity contribution is -0.276. The van der Waals surface area contributed by atoms with Gasteiger partial charge in [0.2, 0.25) is 5.88 Å². The van der Waals surface area contributed by atoms with Gasteiger partial charge in [-0.3, -0.25) is 4.79 Å². The molecule has 0 aliphatic carbocycles. The van der Waals surface area contributed by atoms with Gasteiger partial charge in [0, 0.05) is 6.07 Å². The van der Waals surface area contributed by atoms with Gasteiger partial charge in [-0.25, -0.2) is 18.2 Å². The van der Waals surface area contributed by atoms with E-state index < -0.39 is 35.7 Å². The summed E-state index contributed by atoms with van der Waals surface area (Å²) in [6.07, 6.45) is -8.86. The molecule has 9 heteroatoms. The van der Waals surface area contributed by atoms with E-state index in [1.165, 1.54) is 0 Å². The van der Waals surface area contributed by atoms with Crippen molar-refractivity contribution in [2.45, 2.75) is 12.8 Å². The van der Waals surface area contributed by atoms with Crippen molar-refractivity contribution >= 4 is 6.29 Å². The second-order valence-electron chi connectivity index (χ2n) is 2.71. The first-order chi connectivity index (χ1) is 7.74. The van der Waals surface area contributed by atoms with Crippen molar-refractivity contribution in [1.29, 1.82) is 0 Å². The second-order valence-corrected chi connectivity index (χ2v) is 2.71. The van der Waals surface area contributed by atoms with Crippen LogP contribution in [0.1, 0.15) is 22.5 Å². The Morgan fingerprint density at radius 1 is 1.35 bits per heavy atom. The third kappa shape index (κ3) is 3.33. The van der Waals surface area contributed by atoms with Crippen LogP contribution in [-0.2, 0) is 0 Å². The summed E-state index contributed by atoms with van der Waals surface area (Å²) in [5.41, 5.74) is -2.43. The lowest BCUT2D eigenvalue weighted by atomic mass is 10.2. The smallest absolute Gasteiger partial charge is 0.387 e. The fourth-order valence-corrected chi connectivity index (χ4v) is 0.925. The maximum Gasteiger partial charge on any atom is 0.574 e. The SMILES string of the molecule is O=Cc1c(F)cc(C(F)F)nc1OC(F)(F)F. The highest BCUT2D eigenvalue weighted by molar-refractivity contribution is 5.78. The van der Waals surface area contributed by atoms with Crippen molar-refractivity contribution in [3.05, 3.63) is 23.1 Å². The molecule has 94 valence electrons. The van der Waals surface area contributed by atoms with Gasteiger partial charge in [-0.2, -0.15) is 0 Å². The van der Waals surface area contributed by atoms with Crippen LogP contribution in [0.15, 0.2) is 6.07 Å². The van der Waals surface area contributed by atoms with Gasteiger partial charge in [-0.05, 0) is 0 Å². The summed E-state index contributed by atoms with van der Waals surface area (Å²) >= 11 is 0. The fraction of sp³-hybridized carbons (Fsp3) is 0.250. The highest BCUT2D eigenvalue weighted by Gasteiger charge is 2.34. The Labute approximate surface area is 90.0 Å². The summed E-state index contributed by atoms with van der Waals surface area (Å²) < 4.78 is 76.0. The third-order valence-corrected chi connectivity index (χ3v) is 1.55. The Morgan fingerprint density at radius 3 is 2.35 bits per heavy atom. The van der Waals surface area contributed by atoms with E-state index in [2.05, 4.69) is 9.72 Å². The van der Waals surface area contributed by atoms with E-state index in [9.17, 15) is 31.1 Å². The molecule has 0 bridgehead atoms. The van der Waals surface area contributed by atoms with Gasteiger partial charge >= 0.3 is 6.36 Å². The lowest BCUT2D eigenvalue weighted by Crippen LogP contribution is -2.20. The zero-order chi connectivity index (χ0) is 13.2. The van der Waals surface area contributed by atoms with E-state index in [-0.39, 0.29) is 12.4 Å². The van der Waals surface area contributed by atoms with E-state index in [0.717, 1.165) is 0 Å². The molecule has 1 aromatic heterocycles. The van der Waals surface area contributed by atoms with E-state index in [0.29, 0.717) is 0 Å². The van der Waals surface area contributed by atoms with E-state index in [1.54, 1.807) is 0 Å². The number of rotatable bonds is 3. The molecule has 0 amide bonds. The van der Waals surface area contributed by atoms with Gasteiger partial charge in [0.15, 0.2) is 6.29 Å². The first-order valence-corrected chi connectivity index (χ1v) is 3.94. The van der Waals surface area contributed by atoms with Crippen LogP contribution in [0, 0.1) is 5.82 Å². The molecule has 0 unspecified atom stereocenters. The van der Waals surface area contributed by atoms with Crippen molar-refractivity contribution in [2.24, 2.45) is 0 Å². The molecule has 0 spiro atoms. The summed E-state index contributed by atoms with van der Waals surface area (Å²) in [4.78, 5) is 13.0. The zero-order valence-corrected chi connectivity index (χ0v) is 7.76. The molecule has 0 saturated carbocycles. The van der Waals surface area contributed by atoms with Gasteiger partial charge in [0.1, 0.15) is 17.1 Å². The van der Waals surface area contributed by atoms with Crippen LogP contribution in [0.4, 0.5) is 26.3 Å². The van der Waals surface area contributed by atoms with E-state index in [4.69, 9.17) is 0 Å². The maximum absolute atomic E-state index is 13.0. The summed E-state index contributed by atoms with van der Waals surface area (Å²) in [5.74, 6) is -3.10. The average molecular weight is 259 g/mol. The Hall–Kier alpha value is -1.80.